The molecule has 1 rings (SSSR count). The van der Waals surface area contributed by atoms with E-state index in [2.05, 4.69) is 5.32 Å². The molecule has 0 aliphatic rings. The van der Waals surface area contributed by atoms with Crippen LogP contribution in [0.3, 0.4) is 0 Å². The van der Waals surface area contributed by atoms with Gasteiger partial charge in [-0.2, -0.15) is 0 Å². The number of nitrogens with one attached hydrogen (secondary N) is 1. The van der Waals surface area contributed by atoms with E-state index in [0.717, 1.165) is 12.8 Å². The Labute approximate surface area is 119 Å². The fourth-order valence-corrected chi connectivity index (χ4v) is 2.07. The largest absolute Gasteiger partial charge is 0.481 e. The van der Waals surface area contributed by atoms with Crippen LogP contribution in [-0.2, 0) is 4.79 Å². The summed E-state index contributed by atoms with van der Waals surface area (Å²) in [6.07, 6.45) is 2.52. The molecule has 1 amide bonds. The van der Waals surface area contributed by atoms with Crippen molar-refractivity contribution in [1.82, 2.24) is 5.32 Å². The maximum absolute atomic E-state index is 11.9. The van der Waals surface area contributed by atoms with Crippen LogP contribution in [0.2, 0.25) is 0 Å². The highest BCUT2D eigenvalue weighted by atomic mass is 16.4. The zero-order valence-electron chi connectivity index (χ0n) is 11.8. The molecule has 0 fully saturated rings. The van der Waals surface area contributed by atoms with Crippen LogP contribution in [0.4, 0.5) is 5.69 Å². The smallest absolute Gasteiger partial charge is 0.303 e. The van der Waals surface area contributed by atoms with E-state index in [-0.39, 0.29) is 12.3 Å². The number of nitrogen functional groups attached to an aromatic ring is 1. The Kier molecular flexibility index (Phi) is 6.56. The molecule has 0 aromatic heterocycles. The molecule has 5 heteroatoms. The molecule has 1 aromatic rings. The van der Waals surface area contributed by atoms with Gasteiger partial charge in [-0.1, -0.05) is 25.5 Å². The van der Waals surface area contributed by atoms with Crippen LogP contribution >= 0.6 is 0 Å². The quantitative estimate of drug-likeness (QED) is 0.636. The Morgan fingerprint density at radius 3 is 2.60 bits per heavy atom. The molecular formula is C15H22N2O3. The van der Waals surface area contributed by atoms with Crippen LogP contribution in [0.15, 0.2) is 24.3 Å². The minimum Gasteiger partial charge on any atom is -0.481 e. The molecule has 0 spiro atoms. The van der Waals surface area contributed by atoms with Gasteiger partial charge in [0.05, 0.1) is 5.56 Å². The number of carboxylic acids is 1. The van der Waals surface area contributed by atoms with Crippen molar-refractivity contribution in [3.63, 3.8) is 0 Å². The Morgan fingerprint density at radius 2 is 2.00 bits per heavy atom. The van der Waals surface area contributed by atoms with Gasteiger partial charge in [0, 0.05) is 18.7 Å². The first-order valence-corrected chi connectivity index (χ1v) is 6.89. The second kappa shape index (κ2) is 8.19. The number of anilines is 1. The SMILES string of the molecule is CCC(CCNC(=O)c1ccccc1N)CCC(=O)O. The number of benzene rings is 1. The van der Waals surface area contributed by atoms with Gasteiger partial charge in [0.2, 0.25) is 0 Å². The number of carbonyl (C=O) groups is 2. The molecule has 1 unspecified atom stereocenters. The fraction of sp³-hybridized carbons (Fsp3) is 0.467. The van der Waals surface area contributed by atoms with E-state index in [4.69, 9.17) is 10.8 Å². The normalized spacial score (nSPS) is 11.8. The number of hydrogen-bond acceptors (Lipinski definition) is 3. The van der Waals surface area contributed by atoms with Gasteiger partial charge in [-0.05, 0) is 30.9 Å². The summed E-state index contributed by atoms with van der Waals surface area (Å²) in [7, 11) is 0. The van der Waals surface area contributed by atoms with Crippen molar-refractivity contribution in [2.75, 3.05) is 12.3 Å². The summed E-state index contributed by atoms with van der Waals surface area (Å²) in [6, 6.07) is 6.93. The van der Waals surface area contributed by atoms with Crippen LogP contribution in [0.1, 0.15) is 43.0 Å². The van der Waals surface area contributed by atoms with Crippen LogP contribution in [0.25, 0.3) is 0 Å². The first-order chi connectivity index (χ1) is 9.54. The van der Waals surface area contributed by atoms with Crippen molar-refractivity contribution in [2.24, 2.45) is 5.92 Å². The van der Waals surface area contributed by atoms with E-state index < -0.39 is 5.97 Å². The van der Waals surface area contributed by atoms with E-state index in [1.165, 1.54) is 0 Å². The van der Waals surface area contributed by atoms with Crippen LogP contribution in [0, 0.1) is 5.92 Å². The third-order valence-corrected chi connectivity index (χ3v) is 3.39. The van der Waals surface area contributed by atoms with Gasteiger partial charge in [-0.15, -0.1) is 0 Å². The third kappa shape index (κ3) is 5.30. The van der Waals surface area contributed by atoms with E-state index in [1.54, 1.807) is 24.3 Å². The average molecular weight is 278 g/mol. The van der Waals surface area contributed by atoms with Crippen molar-refractivity contribution in [1.29, 1.82) is 0 Å². The van der Waals surface area contributed by atoms with E-state index in [0.29, 0.717) is 30.1 Å². The average Bonchev–Trinajstić information content (AvgIpc) is 2.42. The summed E-state index contributed by atoms with van der Waals surface area (Å²) in [4.78, 5) is 22.5. The molecule has 5 nitrogen and oxygen atoms in total. The molecule has 0 heterocycles. The summed E-state index contributed by atoms with van der Waals surface area (Å²) >= 11 is 0. The zero-order valence-corrected chi connectivity index (χ0v) is 11.8. The molecule has 4 N–H and O–H groups in total. The van der Waals surface area contributed by atoms with Crippen molar-refractivity contribution in [2.45, 2.75) is 32.6 Å². The number of amides is 1. The molecular weight excluding hydrogens is 256 g/mol. The Morgan fingerprint density at radius 1 is 1.30 bits per heavy atom. The molecule has 0 bridgehead atoms. The molecule has 0 saturated heterocycles. The maximum atomic E-state index is 11.9. The van der Waals surface area contributed by atoms with Gasteiger partial charge in [0.15, 0.2) is 0 Å². The molecule has 0 saturated carbocycles. The van der Waals surface area contributed by atoms with E-state index >= 15 is 0 Å². The Balaban J connectivity index is 2.37. The molecule has 0 aliphatic heterocycles. The third-order valence-electron chi connectivity index (χ3n) is 3.39. The van der Waals surface area contributed by atoms with Crippen molar-refractivity contribution in [3.8, 4) is 0 Å². The number of hydrogen-bond donors (Lipinski definition) is 3. The summed E-state index contributed by atoms with van der Waals surface area (Å²) < 4.78 is 0. The topological polar surface area (TPSA) is 92.4 Å². The van der Waals surface area contributed by atoms with Crippen molar-refractivity contribution >= 4 is 17.6 Å². The number of carbonyl (C=O) groups excluding carboxylic acids is 1. The number of para-hydroxylation sites is 1. The number of carboxylic acid groups (broad SMARTS) is 1. The lowest BCUT2D eigenvalue weighted by atomic mass is 9.96. The predicted octanol–water partition coefficient (Wildman–Crippen LogP) is 2.28. The predicted molar refractivity (Wildman–Crippen MR) is 78.5 cm³/mol. The van der Waals surface area contributed by atoms with Crippen LogP contribution in [0.5, 0.6) is 0 Å². The first-order valence-electron chi connectivity index (χ1n) is 6.89. The second-order valence-corrected chi connectivity index (χ2v) is 4.84. The minimum atomic E-state index is -0.774. The lowest BCUT2D eigenvalue weighted by Gasteiger charge is -2.14. The Bertz CT molecular complexity index is 460. The number of nitrogens with two attached hydrogens (primary N) is 1. The molecule has 110 valence electrons. The van der Waals surface area contributed by atoms with Gasteiger partial charge in [-0.3, -0.25) is 9.59 Å². The number of rotatable bonds is 8. The van der Waals surface area contributed by atoms with Gasteiger partial charge >= 0.3 is 5.97 Å². The van der Waals surface area contributed by atoms with Crippen molar-refractivity contribution in [3.05, 3.63) is 29.8 Å². The van der Waals surface area contributed by atoms with Crippen LogP contribution in [-0.4, -0.2) is 23.5 Å². The summed E-state index contributed by atoms with van der Waals surface area (Å²) in [5.74, 6) is -0.639. The first kappa shape index (κ1) is 16.0. The lowest BCUT2D eigenvalue weighted by Crippen LogP contribution is -2.26. The summed E-state index contributed by atoms with van der Waals surface area (Å²) in [6.45, 7) is 2.56. The van der Waals surface area contributed by atoms with Gasteiger partial charge in [0.25, 0.3) is 5.91 Å². The standard InChI is InChI=1S/C15H22N2O3/c1-2-11(7-8-14(18)19)9-10-17-15(20)12-5-3-4-6-13(12)16/h3-6,11H,2,7-10,16H2,1H3,(H,17,20)(H,18,19). The molecule has 1 aromatic carbocycles. The van der Waals surface area contributed by atoms with Crippen LogP contribution < -0.4 is 11.1 Å². The molecule has 0 radical (unpaired) electrons. The van der Waals surface area contributed by atoms with Gasteiger partial charge < -0.3 is 16.2 Å². The zero-order chi connectivity index (χ0) is 15.0. The van der Waals surface area contributed by atoms with Gasteiger partial charge in [-0.25, -0.2) is 0 Å². The highest BCUT2D eigenvalue weighted by Gasteiger charge is 2.11. The highest BCUT2D eigenvalue weighted by molar-refractivity contribution is 5.98. The maximum Gasteiger partial charge on any atom is 0.303 e. The van der Waals surface area contributed by atoms with E-state index in [9.17, 15) is 9.59 Å². The second-order valence-electron chi connectivity index (χ2n) is 4.84. The Hall–Kier alpha value is -2.04. The monoisotopic (exact) mass is 278 g/mol. The molecule has 20 heavy (non-hydrogen) atoms. The van der Waals surface area contributed by atoms with Gasteiger partial charge in [0.1, 0.15) is 0 Å². The number of aliphatic carboxylic acids is 1. The fourth-order valence-electron chi connectivity index (χ4n) is 2.07. The summed E-state index contributed by atoms with van der Waals surface area (Å²) in [5.41, 5.74) is 6.67. The lowest BCUT2D eigenvalue weighted by molar-refractivity contribution is -0.137. The minimum absolute atomic E-state index is 0.179. The van der Waals surface area contributed by atoms with E-state index in [1.807, 2.05) is 6.92 Å². The molecule has 1 atom stereocenters. The van der Waals surface area contributed by atoms with Crippen molar-refractivity contribution < 1.29 is 14.7 Å². The molecule has 0 aliphatic carbocycles. The highest BCUT2D eigenvalue weighted by Crippen LogP contribution is 2.15. The summed E-state index contributed by atoms with van der Waals surface area (Å²) in [5, 5.41) is 11.5.